The predicted molar refractivity (Wildman–Crippen MR) is 67.2 cm³/mol. The van der Waals surface area contributed by atoms with Crippen LogP contribution in [0.4, 0.5) is 0 Å². The second-order valence-corrected chi connectivity index (χ2v) is 6.14. The van der Waals surface area contributed by atoms with E-state index >= 15 is 0 Å². The van der Waals surface area contributed by atoms with Crippen molar-refractivity contribution in [2.24, 2.45) is 5.92 Å². The van der Waals surface area contributed by atoms with Gasteiger partial charge < -0.3 is 0 Å². The Morgan fingerprint density at radius 1 is 1.38 bits per heavy atom. The maximum absolute atomic E-state index is 11.4. The lowest BCUT2D eigenvalue weighted by molar-refractivity contribution is 0.601. The Balaban J connectivity index is 2.92. The molecule has 0 heterocycles. The monoisotopic (exact) mass is 238 g/mol. The number of benzene rings is 1. The van der Waals surface area contributed by atoms with Crippen LogP contribution < -0.4 is 0 Å². The third-order valence-corrected chi connectivity index (χ3v) is 3.52. The lowest BCUT2D eigenvalue weighted by Crippen LogP contribution is -2.00. The first kappa shape index (κ1) is 13.0. The third kappa shape index (κ3) is 3.81. The van der Waals surface area contributed by atoms with E-state index in [0.29, 0.717) is 10.8 Å². The molecule has 0 radical (unpaired) electrons. The molecule has 3 heteroatoms. The molecule has 1 aromatic rings. The molecule has 0 aliphatic rings. The lowest BCUT2D eigenvalue weighted by atomic mass is 10.0. The highest BCUT2D eigenvalue weighted by Crippen LogP contribution is 2.15. The molecular weight excluding hydrogens is 220 g/mol. The van der Waals surface area contributed by atoms with Crippen LogP contribution in [-0.2, 0) is 16.3 Å². The molecule has 2 nitrogen and oxygen atoms in total. The van der Waals surface area contributed by atoms with Crippen LogP contribution in [-0.4, -0.2) is 14.7 Å². The van der Waals surface area contributed by atoms with Crippen molar-refractivity contribution in [1.82, 2.24) is 0 Å². The van der Waals surface area contributed by atoms with Gasteiger partial charge in [0.05, 0.1) is 4.90 Å². The summed E-state index contributed by atoms with van der Waals surface area (Å²) in [6, 6.07) is 7.16. The maximum atomic E-state index is 11.4. The molecule has 1 unspecified atom stereocenters. The van der Waals surface area contributed by atoms with Gasteiger partial charge in [-0.15, -0.1) is 0 Å². The summed E-state index contributed by atoms with van der Waals surface area (Å²) in [5.41, 5.74) is 1.06. The topological polar surface area (TPSA) is 34.1 Å². The van der Waals surface area contributed by atoms with Crippen LogP contribution in [0.1, 0.15) is 19.4 Å². The highest BCUT2D eigenvalue weighted by molar-refractivity contribution is 7.90. The van der Waals surface area contributed by atoms with Crippen molar-refractivity contribution in [3.63, 3.8) is 0 Å². The molecule has 0 saturated carbocycles. The van der Waals surface area contributed by atoms with E-state index in [2.05, 4.69) is 13.0 Å². The summed E-state index contributed by atoms with van der Waals surface area (Å²) in [7, 11) is -3.09. The molecule has 0 amide bonds. The van der Waals surface area contributed by atoms with E-state index in [4.69, 9.17) is 0 Å². The maximum Gasteiger partial charge on any atom is 0.175 e. The molecule has 0 aromatic heterocycles. The Hall–Kier alpha value is -1.09. The minimum absolute atomic E-state index is 0.401. The molecule has 1 rings (SSSR count). The molecule has 16 heavy (non-hydrogen) atoms. The molecule has 1 aromatic carbocycles. The fraction of sp³-hybridized carbons (Fsp3) is 0.385. The molecule has 1 atom stereocenters. The van der Waals surface area contributed by atoms with Crippen LogP contribution in [0.5, 0.6) is 0 Å². The van der Waals surface area contributed by atoms with Crippen molar-refractivity contribution in [1.29, 1.82) is 0 Å². The number of rotatable bonds is 4. The zero-order chi connectivity index (χ0) is 12.2. The first-order chi connectivity index (χ1) is 7.43. The van der Waals surface area contributed by atoms with Crippen molar-refractivity contribution >= 4 is 9.84 Å². The van der Waals surface area contributed by atoms with Gasteiger partial charge in [-0.2, -0.15) is 0 Å². The van der Waals surface area contributed by atoms with Gasteiger partial charge in [0, 0.05) is 6.26 Å². The summed E-state index contributed by atoms with van der Waals surface area (Å²) in [4.78, 5) is 0.401. The van der Waals surface area contributed by atoms with Crippen molar-refractivity contribution in [2.75, 3.05) is 6.26 Å². The van der Waals surface area contributed by atoms with Crippen molar-refractivity contribution in [2.45, 2.75) is 25.2 Å². The molecule has 88 valence electrons. The molecule has 0 fully saturated rings. The van der Waals surface area contributed by atoms with Gasteiger partial charge in [-0.1, -0.05) is 31.2 Å². The summed E-state index contributed by atoms with van der Waals surface area (Å²) in [6.07, 6.45) is 6.24. The van der Waals surface area contributed by atoms with E-state index < -0.39 is 9.84 Å². The molecule has 0 bridgehead atoms. The normalized spacial score (nSPS) is 14.2. The molecule has 0 aliphatic carbocycles. The third-order valence-electron chi connectivity index (χ3n) is 2.41. The van der Waals surface area contributed by atoms with E-state index in [1.165, 1.54) is 6.26 Å². The zero-order valence-electron chi connectivity index (χ0n) is 9.97. The molecule has 0 saturated heterocycles. The van der Waals surface area contributed by atoms with Crippen LogP contribution in [0.2, 0.25) is 0 Å². The van der Waals surface area contributed by atoms with Crippen LogP contribution in [0, 0.1) is 5.92 Å². The van der Waals surface area contributed by atoms with Crippen LogP contribution in [0.3, 0.4) is 0 Å². The summed E-state index contributed by atoms with van der Waals surface area (Å²) in [5.74, 6) is 0.430. The molecule has 0 aliphatic heterocycles. The Bertz CT molecular complexity index is 472. The standard InChI is InChI=1S/C13H18O2S/c1-4-6-11(2)9-12-7-5-8-13(10-12)16(3,14)15/h4-8,10-11H,9H2,1-3H3/b6-4-. The largest absolute Gasteiger partial charge is 0.224 e. The average molecular weight is 238 g/mol. The number of hydrogen-bond donors (Lipinski definition) is 0. The first-order valence-corrected chi connectivity index (χ1v) is 7.24. The minimum Gasteiger partial charge on any atom is -0.224 e. The van der Waals surface area contributed by atoms with E-state index in [1.807, 2.05) is 19.1 Å². The fourth-order valence-electron chi connectivity index (χ4n) is 1.67. The van der Waals surface area contributed by atoms with Gasteiger partial charge in [0.15, 0.2) is 9.84 Å². The Kier molecular flexibility index (Phi) is 4.30. The van der Waals surface area contributed by atoms with Crippen molar-refractivity contribution < 1.29 is 8.42 Å². The van der Waals surface area contributed by atoms with E-state index in [1.54, 1.807) is 18.2 Å². The Labute approximate surface area is 97.9 Å². The zero-order valence-corrected chi connectivity index (χ0v) is 10.8. The highest BCUT2D eigenvalue weighted by atomic mass is 32.2. The summed E-state index contributed by atoms with van der Waals surface area (Å²) in [5, 5.41) is 0. The Morgan fingerprint density at radius 2 is 2.06 bits per heavy atom. The minimum atomic E-state index is -3.09. The van der Waals surface area contributed by atoms with Crippen LogP contribution >= 0.6 is 0 Å². The summed E-state index contributed by atoms with van der Waals surface area (Å²) >= 11 is 0. The predicted octanol–water partition coefficient (Wildman–Crippen LogP) is 2.84. The van der Waals surface area contributed by atoms with Gasteiger partial charge in [-0.05, 0) is 37.0 Å². The second kappa shape index (κ2) is 5.30. The van der Waals surface area contributed by atoms with Gasteiger partial charge in [0.25, 0.3) is 0 Å². The van der Waals surface area contributed by atoms with E-state index in [0.717, 1.165) is 12.0 Å². The second-order valence-electron chi connectivity index (χ2n) is 4.13. The van der Waals surface area contributed by atoms with E-state index in [-0.39, 0.29) is 0 Å². The number of allylic oxidation sites excluding steroid dienone is 2. The van der Waals surface area contributed by atoms with Crippen LogP contribution in [0.25, 0.3) is 0 Å². The molecule has 0 spiro atoms. The lowest BCUT2D eigenvalue weighted by Gasteiger charge is -2.07. The SMILES string of the molecule is C/C=C\C(C)Cc1cccc(S(C)(=O)=O)c1. The average Bonchev–Trinajstić information content (AvgIpc) is 2.17. The molecular formula is C13H18O2S. The van der Waals surface area contributed by atoms with Crippen molar-refractivity contribution in [3.8, 4) is 0 Å². The fourth-order valence-corrected chi connectivity index (χ4v) is 2.36. The number of hydrogen-bond acceptors (Lipinski definition) is 2. The Morgan fingerprint density at radius 3 is 2.62 bits per heavy atom. The summed E-state index contributed by atoms with van der Waals surface area (Å²) in [6.45, 7) is 4.11. The van der Waals surface area contributed by atoms with Gasteiger partial charge in [0.1, 0.15) is 0 Å². The highest BCUT2D eigenvalue weighted by Gasteiger charge is 2.08. The van der Waals surface area contributed by atoms with E-state index in [9.17, 15) is 8.42 Å². The van der Waals surface area contributed by atoms with Gasteiger partial charge in [-0.3, -0.25) is 0 Å². The molecule has 0 N–H and O–H groups in total. The van der Waals surface area contributed by atoms with Crippen molar-refractivity contribution in [3.05, 3.63) is 42.0 Å². The first-order valence-electron chi connectivity index (χ1n) is 5.35. The summed E-state index contributed by atoms with van der Waals surface area (Å²) < 4.78 is 22.8. The smallest absolute Gasteiger partial charge is 0.175 e. The van der Waals surface area contributed by atoms with Crippen LogP contribution in [0.15, 0.2) is 41.3 Å². The van der Waals surface area contributed by atoms with Gasteiger partial charge in [0.2, 0.25) is 0 Å². The van der Waals surface area contributed by atoms with Gasteiger partial charge in [-0.25, -0.2) is 8.42 Å². The van der Waals surface area contributed by atoms with Gasteiger partial charge >= 0.3 is 0 Å². The quantitative estimate of drug-likeness (QED) is 0.756. The number of sulfone groups is 1.